The van der Waals surface area contributed by atoms with Gasteiger partial charge in [0, 0.05) is 18.8 Å². The Morgan fingerprint density at radius 1 is 1.30 bits per heavy atom. The van der Waals surface area contributed by atoms with E-state index in [0.29, 0.717) is 35.2 Å². The number of hydrogen-bond acceptors (Lipinski definition) is 3. The van der Waals surface area contributed by atoms with Crippen LogP contribution in [0.3, 0.4) is 0 Å². The zero-order chi connectivity index (χ0) is 16.2. The summed E-state index contributed by atoms with van der Waals surface area (Å²) in [6.07, 6.45) is 2.50. The van der Waals surface area contributed by atoms with Crippen molar-refractivity contribution in [2.45, 2.75) is 30.7 Å². The van der Waals surface area contributed by atoms with Crippen molar-refractivity contribution in [3.8, 4) is 0 Å². The third-order valence-electron chi connectivity index (χ3n) is 5.20. The van der Waals surface area contributed by atoms with E-state index >= 15 is 0 Å². The zero-order valence-corrected chi connectivity index (χ0v) is 14.0. The van der Waals surface area contributed by atoms with E-state index in [0.717, 1.165) is 24.9 Å². The first-order chi connectivity index (χ1) is 11.0. The van der Waals surface area contributed by atoms with Crippen molar-refractivity contribution < 1.29 is 9.59 Å². The maximum atomic E-state index is 12.6. The van der Waals surface area contributed by atoms with Crippen LogP contribution in [-0.2, 0) is 15.0 Å². The number of benzene rings is 1. The van der Waals surface area contributed by atoms with Gasteiger partial charge in [-0.25, -0.2) is 0 Å². The molecule has 2 atom stereocenters. The molecule has 2 amide bonds. The number of anilines is 1. The van der Waals surface area contributed by atoms with Crippen molar-refractivity contribution in [2.24, 2.45) is 0 Å². The van der Waals surface area contributed by atoms with E-state index in [1.165, 1.54) is 0 Å². The molecule has 5 nitrogen and oxygen atoms in total. The lowest BCUT2D eigenvalue weighted by molar-refractivity contribution is -0.132. The minimum atomic E-state index is -0.697. The van der Waals surface area contributed by atoms with Gasteiger partial charge in [-0.05, 0) is 43.5 Å². The molecular formula is C16H17Cl2N3O2. The highest BCUT2D eigenvalue weighted by Gasteiger charge is 2.52. The van der Waals surface area contributed by atoms with Gasteiger partial charge in [0.1, 0.15) is 0 Å². The number of nitrogens with zero attached hydrogens (tertiary/aromatic N) is 1. The largest absolute Gasteiger partial charge is 0.340 e. The monoisotopic (exact) mass is 353 g/mol. The molecule has 2 fully saturated rings. The number of carbonyl (C=O) groups is 2. The van der Waals surface area contributed by atoms with Crippen LogP contribution in [0.1, 0.15) is 24.8 Å². The van der Waals surface area contributed by atoms with Crippen LogP contribution in [-0.4, -0.2) is 42.4 Å². The maximum absolute atomic E-state index is 12.6. The molecule has 0 radical (unpaired) electrons. The summed E-state index contributed by atoms with van der Waals surface area (Å²) in [6.45, 7) is 1.87. The van der Waals surface area contributed by atoms with Crippen molar-refractivity contribution in [3.63, 3.8) is 0 Å². The van der Waals surface area contributed by atoms with Crippen molar-refractivity contribution in [1.29, 1.82) is 0 Å². The van der Waals surface area contributed by atoms with E-state index in [1.807, 2.05) is 0 Å². The number of carbonyl (C=O) groups excluding carboxylic acids is 2. The maximum Gasteiger partial charge on any atom is 0.239 e. The van der Waals surface area contributed by atoms with Gasteiger partial charge >= 0.3 is 0 Å². The number of amides is 2. The van der Waals surface area contributed by atoms with Gasteiger partial charge in [-0.3, -0.25) is 9.59 Å². The number of hydrogen-bond donors (Lipinski definition) is 2. The van der Waals surface area contributed by atoms with Crippen LogP contribution in [0.5, 0.6) is 0 Å². The van der Waals surface area contributed by atoms with Gasteiger partial charge in [0.2, 0.25) is 11.8 Å². The van der Waals surface area contributed by atoms with Gasteiger partial charge in [0.25, 0.3) is 0 Å². The Balaban J connectivity index is 1.64. The SMILES string of the molecule is O=C([C@H]1CCCN1)N1CC[C@]2(C1)C(=O)Nc1cc(Cl)c(Cl)cc12. The van der Waals surface area contributed by atoms with Crippen molar-refractivity contribution in [1.82, 2.24) is 10.2 Å². The minimum absolute atomic E-state index is 0.0690. The summed E-state index contributed by atoms with van der Waals surface area (Å²) >= 11 is 12.2. The average Bonchev–Trinajstić information content (AvgIpc) is 3.23. The van der Waals surface area contributed by atoms with Crippen LogP contribution in [0.2, 0.25) is 10.0 Å². The predicted octanol–water partition coefficient (Wildman–Crippen LogP) is 2.17. The Hall–Kier alpha value is -1.30. The van der Waals surface area contributed by atoms with Gasteiger partial charge in [-0.2, -0.15) is 0 Å². The second-order valence-corrected chi connectivity index (χ2v) is 7.32. The second-order valence-electron chi connectivity index (χ2n) is 6.51. The van der Waals surface area contributed by atoms with E-state index in [-0.39, 0.29) is 17.9 Å². The second kappa shape index (κ2) is 5.36. The fraction of sp³-hybridized carbons (Fsp3) is 0.500. The summed E-state index contributed by atoms with van der Waals surface area (Å²) in [5, 5.41) is 6.97. The van der Waals surface area contributed by atoms with Crippen LogP contribution in [0.15, 0.2) is 12.1 Å². The predicted molar refractivity (Wildman–Crippen MR) is 89.0 cm³/mol. The van der Waals surface area contributed by atoms with E-state index < -0.39 is 5.41 Å². The average molecular weight is 354 g/mol. The first-order valence-electron chi connectivity index (χ1n) is 7.84. The van der Waals surface area contributed by atoms with Crippen molar-refractivity contribution in [2.75, 3.05) is 25.0 Å². The highest BCUT2D eigenvalue weighted by molar-refractivity contribution is 6.42. The Bertz CT molecular complexity index is 703. The number of nitrogens with one attached hydrogen (secondary N) is 2. The summed E-state index contributed by atoms with van der Waals surface area (Å²) in [4.78, 5) is 27.0. The molecule has 1 aromatic rings. The molecule has 2 saturated heterocycles. The molecule has 7 heteroatoms. The summed E-state index contributed by atoms with van der Waals surface area (Å²) in [5.74, 6) is 0.0289. The molecule has 3 heterocycles. The molecule has 3 aliphatic heterocycles. The fourth-order valence-electron chi connectivity index (χ4n) is 3.93. The molecule has 1 aromatic carbocycles. The molecule has 3 aliphatic rings. The summed E-state index contributed by atoms with van der Waals surface area (Å²) in [5.41, 5.74) is 0.863. The molecule has 0 unspecified atom stereocenters. The van der Waals surface area contributed by atoms with Crippen LogP contribution >= 0.6 is 23.2 Å². The third kappa shape index (κ3) is 2.25. The molecule has 0 aliphatic carbocycles. The molecule has 23 heavy (non-hydrogen) atoms. The van der Waals surface area contributed by atoms with Gasteiger partial charge < -0.3 is 15.5 Å². The Morgan fingerprint density at radius 3 is 2.83 bits per heavy atom. The van der Waals surface area contributed by atoms with Gasteiger partial charge in [0.15, 0.2) is 0 Å². The highest BCUT2D eigenvalue weighted by Crippen LogP contribution is 2.46. The fourth-order valence-corrected chi connectivity index (χ4v) is 4.26. The molecule has 122 valence electrons. The van der Waals surface area contributed by atoms with Crippen molar-refractivity contribution in [3.05, 3.63) is 27.7 Å². The summed E-state index contributed by atoms with van der Waals surface area (Å²) < 4.78 is 0. The van der Waals surface area contributed by atoms with Gasteiger partial charge in [-0.15, -0.1) is 0 Å². The van der Waals surface area contributed by atoms with Crippen LogP contribution < -0.4 is 10.6 Å². The van der Waals surface area contributed by atoms with Crippen LogP contribution in [0, 0.1) is 0 Å². The number of halogens is 2. The lowest BCUT2D eigenvalue weighted by atomic mass is 9.81. The molecular weight excluding hydrogens is 337 g/mol. The van der Waals surface area contributed by atoms with E-state index in [1.54, 1.807) is 17.0 Å². The Kier molecular flexibility index (Phi) is 3.55. The summed E-state index contributed by atoms with van der Waals surface area (Å²) in [7, 11) is 0. The lowest BCUT2D eigenvalue weighted by Crippen LogP contribution is -2.45. The highest BCUT2D eigenvalue weighted by atomic mass is 35.5. The Labute approximate surface area is 144 Å². The van der Waals surface area contributed by atoms with Crippen LogP contribution in [0.25, 0.3) is 0 Å². The number of likely N-dealkylation sites (tertiary alicyclic amines) is 1. The first kappa shape index (κ1) is 15.2. The topological polar surface area (TPSA) is 61.4 Å². The molecule has 4 rings (SSSR count). The third-order valence-corrected chi connectivity index (χ3v) is 5.92. The number of fused-ring (bicyclic) bond motifs is 2. The van der Waals surface area contributed by atoms with Gasteiger partial charge in [-0.1, -0.05) is 23.2 Å². The minimum Gasteiger partial charge on any atom is -0.340 e. The number of rotatable bonds is 1. The van der Waals surface area contributed by atoms with E-state index in [4.69, 9.17) is 23.2 Å². The normalized spacial score (nSPS) is 29.2. The summed E-state index contributed by atoms with van der Waals surface area (Å²) in [6, 6.07) is 3.34. The standard InChI is InChI=1S/C16H17Cl2N3O2/c17-10-6-9-13(7-11(10)18)20-15(23)16(9)3-5-21(8-16)14(22)12-2-1-4-19-12/h6-7,12,19H,1-5,8H2,(H,20,23)/t12-,16-/m1/s1. The smallest absolute Gasteiger partial charge is 0.239 e. The van der Waals surface area contributed by atoms with E-state index in [9.17, 15) is 9.59 Å². The van der Waals surface area contributed by atoms with Crippen LogP contribution in [0.4, 0.5) is 5.69 Å². The quantitative estimate of drug-likeness (QED) is 0.813. The first-order valence-corrected chi connectivity index (χ1v) is 8.60. The van der Waals surface area contributed by atoms with Crippen molar-refractivity contribution >= 4 is 40.7 Å². The Morgan fingerprint density at radius 2 is 2.09 bits per heavy atom. The molecule has 0 saturated carbocycles. The van der Waals surface area contributed by atoms with E-state index in [2.05, 4.69) is 10.6 Å². The molecule has 0 bridgehead atoms. The lowest BCUT2D eigenvalue weighted by Gasteiger charge is -2.24. The molecule has 2 N–H and O–H groups in total. The van der Waals surface area contributed by atoms with Gasteiger partial charge in [0.05, 0.1) is 21.5 Å². The zero-order valence-electron chi connectivity index (χ0n) is 12.5. The molecule has 1 spiro atoms. The molecule has 0 aromatic heterocycles.